The van der Waals surface area contributed by atoms with Gasteiger partial charge in [0.05, 0.1) is 18.9 Å². The molecule has 4 nitrogen and oxygen atoms in total. The third kappa shape index (κ3) is 4.00. The average molecular weight is 301 g/mol. The minimum atomic E-state index is -0.114. The van der Waals surface area contributed by atoms with E-state index in [1.807, 2.05) is 0 Å². The summed E-state index contributed by atoms with van der Waals surface area (Å²) in [5, 5.41) is 3.86. The maximum Gasteiger partial charge on any atom is 0.255 e. The van der Waals surface area contributed by atoms with E-state index in [9.17, 15) is 4.79 Å². The van der Waals surface area contributed by atoms with Gasteiger partial charge in [0.1, 0.15) is 5.75 Å². The lowest BCUT2D eigenvalue weighted by atomic mass is 10.1. The molecule has 0 aliphatic rings. The highest BCUT2D eigenvalue weighted by molar-refractivity contribution is 9.09. The Morgan fingerprint density at radius 2 is 2.41 bits per heavy atom. The fraction of sp³-hybridized carbons (Fsp3) is 0.500. The molecule has 0 saturated heterocycles. The van der Waals surface area contributed by atoms with E-state index in [-0.39, 0.29) is 11.9 Å². The predicted molar refractivity (Wildman–Crippen MR) is 70.7 cm³/mol. The topological polar surface area (TPSA) is 51.2 Å². The van der Waals surface area contributed by atoms with E-state index >= 15 is 0 Å². The average Bonchev–Trinajstić information content (AvgIpc) is 2.38. The van der Waals surface area contributed by atoms with Crippen molar-refractivity contribution in [2.45, 2.75) is 25.8 Å². The molecule has 0 radical (unpaired) electrons. The Balaban J connectivity index is 2.75. The summed E-state index contributed by atoms with van der Waals surface area (Å²) in [6.45, 7) is 2.05. The number of carbonyl (C=O) groups excluding carboxylic acids is 1. The Kier molecular flexibility index (Phi) is 5.97. The second-order valence-electron chi connectivity index (χ2n) is 3.63. The number of nitrogens with zero attached hydrogens (tertiary/aromatic N) is 1. The number of halogens is 1. The highest BCUT2D eigenvalue weighted by atomic mass is 79.9. The van der Waals surface area contributed by atoms with Gasteiger partial charge in [-0.1, -0.05) is 22.9 Å². The van der Waals surface area contributed by atoms with Crippen molar-refractivity contribution >= 4 is 21.8 Å². The largest absolute Gasteiger partial charge is 0.494 e. The van der Waals surface area contributed by atoms with Gasteiger partial charge in [-0.25, -0.2) is 0 Å². The first-order valence-corrected chi connectivity index (χ1v) is 6.69. The molecule has 1 amide bonds. The standard InChI is InChI=1S/C12H17BrN2O2/c1-3-9(4-6-13)15-12(16)10-5-7-14-8-11(10)17-2/h5,7-9H,3-4,6H2,1-2H3,(H,15,16). The lowest BCUT2D eigenvalue weighted by molar-refractivity contribution is 0.0932. The van der Waals surface area contributed by atoms with Crippen molar-refractivity contribution in [1.82, 2.24) is 10.3 Å². The van der Waals surface area contributed by atoms with Crippen LogP contribution in [-0.2, 0) is 0 Å². The van der Waals surface area contributed by atoms with Crippen LogP contribution < -0.4 is 10.1 Å². The number of alkyl halides is 1. The molecule has 0 aromatic carbocycles. The summed E-state index contributed by atoms with van der Waals surface area (Å²) in [4.78, 5) is 16.0. The highest BCUT2D eigenvalue weighted by Crippen LogP contribution is 2.16. The second kappa shape index (κ2) is 7.27. The normalized spacial score (nSPS) is 11.9. The van der Waals surface area contributed by atoms with Crippen molar-refractivity contribution in [2.75, 3.05) is 12.4 Å². The maximum atomic E-state index is 12.0. The number of hydrogen-bond donors (Lipinski definition) is 1. The van der Waals surface area contributed by atoms with Crippen LogP contribution in [0.25, 0.3) is 0 Å². The fourth-order valence-electron chi connectivity index (χ4n) is 1.50. The molecular weight excluding hydrogens is 284 g/mol. The maximum absolute atomic E-state index is 12.0. The van der Waals surface area contributed by atoms with Crippen molar-refractivity contribution in [3.05, 3.63) is 24.0 Å². The van der Waals surface area contributed by atoms with Gasteiger partial charge in [0.25, 0.3) is 5.91 Å². The third-order valence-electron chi connectivity index (χ3n) is 2.53. The quantitative estimate of drug-likeness (QED) is 0.821. The Labute approximate surface area is 110 Å². The second-order valence-corrected chi connectivity index (χ2v) is 4.43. The molecule has 0 fully saturated rings. The van der Waals surface area contributed by atoms with Crippen LogP contribution in [0.15, 0.2) is 18.5 Å². The molecule has 1 N–H and O–H groups in total. The van der Waals surface area contributed by atoms with Crippen LogP contribution >= 0.6 is 15.9 Å². The number of methoxy groups -OCH3 is 1. The summed E-state index contributed by atoms with van der Waals surface area (Å²) in [6, 6.07) is 1.84. The van der Waals surface area contributed by atoms with Crippen molar-refractivity contribution in [3.8, 4) is 5.75 Å². The first kappa shape index (κ1) is 14.0. The van der Waals surface area contributed by atoms with Gasteiger partial charge in [0.2, 0.25) is 0 Å². The van der Waals surface area contributed by atoms with Gasteiger partial charge in [-0.15, -0.1) is 0 Å². The van der Waals surface area contributed by atoms with Crippen molar-refractivity contribution in [2.24, 2.45) is 0 Å². The van der Waals surface area contributed by atoms with E-state index in [2.05, 4.69) is 33.2 Å². The SMILES string of the molecule is CCC(CCBr)NC(=O)c1ccncc1OC. The summed E-state index contributed by atoms with van der Waals surface area (Å²) in [6.07, 6.45) is 4.95. The number of hydrogen-bond acceptors (Lipinski definition) is 3. The van der Waals surface area contributed by atoms with E-state index < -0.39 is 0 Å². The van der Waals surface area contributed by atoms with E-state index in [1.165, 1.54) is 7.11 Å². The van der Waals surface area contributed by atoms with Crippen LogP contribution in [0.4, 0.5) is 0 Å². The third-order valence-corrected chi connectivity index (χ3v) is 2.99. The highest BCUT2D eigenvalue weighted by Gasteiger charge is 2.15. The molecule has 1 rings (SSSR count). The first-order chi connectivity index (χ1) is 8.22. The number of aromatic nitrogens is 1. The van der Waals surface area contributed by atoms with Gasteiger partial charge >= 0.3 is 0 Å². The van der Waals surface area contributed by atoms with Crippen LogP contribution in [0.2, 0.25) is 0 Å². The van der Waals surface area contributed by atoms with Crippen LogP contribution in [0.1, 0.15) is 30.1 Å². The Morgan fingerprint density at radius 1 is 1.65 bits per heavy atom. The molecule has 17 heavy (non-hydrogen) atoms. The summed E-state index contributed by atoms with van der Waals surface area (Å²) in [7, 11) is 1.53. The number of amides is 1. The number of pyridine rings is 1. The molecule has 1 aromatic heterocycles. The van der Waals surface area contributed by atoms with Crippen molar-refractivity contribution in [3.63, 3.8) is 0 Å². The minimum Gasteiger partial charge on any atom is -0.494 e. The number of carbonyl (C=O) groups is 1. The van der Waals surface area contributed by atoms with Gasteiger partial charge in [0.15, 0.2) is 0 Å². The lowest BCUT2D eigenvalue weighted by Crippen LogP contribution is -2.34. The molecule has 1 unspecified atom stereocenters. The van der Waals surface area contributed by atoms with Crippen LogP contribution in [-0.4, -0.2) is 29.4 Å². The molecule has 1 atom stereocenters. The van der Waals surface area contributed by atoms with Gasteiger partial charge < -0.3 is 10.1 Å². The Hall–Kier alpha value is -1.10. The van der Waals surface area contributed by atoms with Gasteiger partial charge in [-0.05, 0) is 18.9 Å². The smallest absolute Gasteiger partial charge is 0.255 e. The summed E-state index contributed by atoms with van der Waals surface area (Å²) in [5.41, 5.74) is 0.524. The van der Waals surface area contributed by atoms with Crippen molar-refractivity contribution in [1.29, 1.82) is 0 Å². The number of rotatable bonds is 6. The Morgan fingerprint density at radius 3 is 3.00 bits per heavy atom. The molecule has 1 heterocycles. The van der Waals surface area contributed by atoms with Gasteiger partial charge in [0, 0.05) is 17.6 Å². The van der Waals surface area contributed by atoms with E-state index in [1.54, 1.807) is 18.5 Å². The summed E-state index contributed by atoms with van der Waals surface area (Å²) >= 11 is 3.38. The first-order valence-electron chi connectivity index (χ1n) is 5.57. The van der Waals surface area contributed by atoms with Crippen LogP contribution in [0, 0.1) is 0 Å². The van der Waals surface area contributed by atoms with Crippen LogP contribution in [0.3, 0.4) is 0 Å². The number of ether oxygens (including phenoxy) is 1. The van der Waals surface area contributed by atoms with Gasteiger partial charge in [-0.2, -0.15) is 0 Å². The molecule has 1 aromatic rings. The molecule has 94 valence electrons. The Bertz CT molecular complexity index is 371. The van der Waals surface area contributed by atoms with E-state index in [0.29, 0.717) is 11.3 Å². The molecule has 0 aliphatic carbocycles. The van der Waals surface area contributed by atoms with E-state index in [0.717, 1.165) is 18.2 Å². The summed E-state index contributed by atoms with van der Waals surface area (Å²) in [5.74, 6) is 0.385. The zero-order valence-electron chi connectivity index (χ0n) is 10.1. The van der Waals surface area contributed by atoms with Crippen molar-refractivity contribution < 1.29 is 9.53 Å². The van der Waals surface area contributed by atoms with Crippen LogP contribution in [0.5, 0.6) is 5.75 Å². The fourth-order valence-corrected chi connectivity index (χ4v) is 2.06. The molecular formula is C12H17BrN2O2. The zero-order chi connectivity index (χ0) is 12.7. The minimum absolute atomic E-state index is 0.114. The molecule has 0 spiro atoms. The molecule has 0 aliphatic heterocycles. The predicted octanol–water partition coefficient (Wildman–Crippen LogP) is 2.38. The van der Waals surface area contributed by atoms with Gasteiger partial charge in [-0.3, -0.25) is 9.78 Å². The molecule has 5 heteroatoms. The number of nitrogens with one attached hydrogen (secondary N) is 1. The molecule has 0 bridgehead atoms. The summed E-state index contributed by atoms with van der Waals surface area (Å²) < 4.78 is 5.11. The van der Waals surface area contributed by atoms with E-state index in [4.69, 9.17) is 4.74 Å². The lowest BCUT2D eigenvalue weighted by Gasteiger charge is -2.16. The monoisotopic (exact) mass is 300 g/mol. The molecule has 0 saturated carbocycles. The zero-order valence-corrected chi connectivity index (χ0v) is 11.7.